The number of aldehydes is 1. The van der Waals surface area contributed by atoms with Gasteiger partial charge in [-0.15, -0.1) is 0 Å². The van der Waals surface area contributed by atoms with E-state index in [1.54, 1.807) is 21.3 Å². The fraction of sp³-hybridized carbons (Fsp3) is 0.367. The van der Waals surface area contributed by atoms with Gasteiger partial charge in [-0.25, -0.2) is 4.98 Å². The fourth-order valence-corrected chi connectivity index (χ4v) is 4.38. The van der Waals surface area contributed by atoms with Crippen molar-refractivity contribution in [1.29, 1.82) is 0 Å². The number of carbonyl (C=O) groups is 1. The van der Waals surface area contributed by atoms with E-state index in [-0.39, 0.29) is 0 Å². The normalized spacial score (nSPS) is 10.6. The van der Waals surface area contributed by atoms with Gasteiger partial charge < -0.3 is 29.6 Å². The van der Waals surface area contributed by atoms with Gasteiger partial charge in [0.25, 0.3) is 0 Å². The van der Waals surface area contributed by atoms with E-state index in [0.29, 0.717) is 17.9 Å². The lowest BCUT2D eigenvalue weighted by molar-refractivity contribution is -0.106. The SMILES string of the molecule is CC=O.CCCc1ncc(Cc2cc3cc(OC)ccc3nc2NCCNC)c2cc(OC)c(OC)cc12. The van der Waals surface area contributed by atoms with Crippen LogP contribution in [0, 0.1) is 0 Å². The molecular weight excluding hydrogens is 480 g/mol. The maximum absolute atomic E-state index is 8.81. The summed E-state index contributed by atoms with van der Waals surface area (Å²) in [6.07, 6.45) is 5.34. The Hall–Kier alpha value is -3.91. The molecule has 2 aromatic carbocycles. The summed E-state index contributed by atoms with van der Waals surface area (Å²) in [6.45, 7) is 5.23. The molecule has 0 aliphatic rings. The van der Waals surface area contributed by atoms with Crippen LogP contribution in [0.25, 0.3) is 21.7 Å². The minimum absolute atomic E-state index is 0.674. The quantitative estimate of drug-likeness (QED) is 0.207. The second-order valence-corrected chi connectivity index (χ2v) is 8.73. The molecule has 0 spiro atoms. The molecule has 202 valence electrons. The average molecular weight is 519 g/mol. The lowest BCUT2D eigenvalue weighted by Gasteiger charge is -2.17. The second kappa shape index (κ2) is 14.1. The second-order valence-electron chi connectivity index (χ2n) is 8.73. The van der Waals surface area contributed by atoms with Crippen molar-refractivity contribution in [3.8, 4) is 17.2 Å². The summed E-state index contributed by atoms with van der Waals surface area (Å²) in [6, 6.07) is 12.3. The van der Waals surface area contributed by atoms with Crippen molar-refractivity contribution in [2.45, 2.75) is 33.1 Å². The van der Waals surface area contributed by atoms with Gasteiger partial charge in [-0.1, -0.05) is 13.3 Å². The van der Waals surface area contributed by atoms with Gasteiger partial charge in [-0.2, -0.15) is 0 Å². The number of hydrogen-bond acceptors (Lipinski definition) is 8. The van der Waals surface area contributed by atoms with Gasteiger partial charge in [0.15, 0.2) is 11.5 Å². The van der Waals surface area contributed by atoms with Crippen molar-refractivity contribution in [2.24, 2.45) is 0 Å². The molecule has 8 heteroatoms. The highest BCUT2D eigenvalue weighted by molar-refractivity contribution is 5.91. The number of methoxy groups -OCH3 is 3. The molecule has 0 aliphatic heterocycles. The number of aromatic nitrogens is 2. The number of carbonyl (C=O) groups excluding carboxylic acids is 1. The van der Waals surface area contributed by atoms with E-state index in [1.807, 2.05) is 37.5 Å². The highest BCUT2D eigenvalue weighted by Gasteiger charge is 2.16. The highest BCUT2D eigenvalue weighted by atomic mass is 16.5. The van der Waals surface area contributed by atoms with Crippen LogP contribution in [0.15, 0.2) is 42.6 Å². The van der Waals surface area contributed by atoms with Crippen LogP contribution in [0.5, 0.6) is 17.2 Å². The van der Waals surface area contributed by atoms with Crippen molar-refractivity contribution in [1.82, 2.24) is 15.3 Å². The van der Waals surface area contributed by atoms with Crippen molar-refractivity contribution < 1.29 is 19.0 Å². The first kappa shape index (κ1) is 28.7. The van der Waals surface area contributed by atoms with Gasteiger partial charge in [0.1, 0.15) is 17.9 Å². The summed E-state index contributed by atoms with van der Waals surface area (Å²) in [5.74, 6) is 3.12. The first-order chi connectivity index (χ1) is 18.5. The van der Waals surface area contributed by atoms with Crippen LogP contribution < -0.4 is 24.8 Å². The Balaban J connectivity index is 0.00000127. The lowest BCUT2D eigenvalue weighted by atomic mass is 9.97. The van der Waals surface area contributed by atoms with Crippen LogP contribution in [0.2, 0.25) is 0 Å². The first-order valence-electron chi connectivity index (χ1n) is 12.8. The van der Waals surface area contributed by atoms with E-state index in [0.717, 1.165) is 82.3 Å². The third kappa shape index (κ3) is 6.69. The number of nitrogens with one attached hydrogen (secondary N) is 2. The molecule has 0 saturated carbocycles. The van der Waals surface area contributed by atoms with Crippen LogP contribution in [0.3, 0.4) is 0 Å². The molecule has 4 rings (SSSR count). The maximum Gasteiger partial charge on any atom is 0.161 e. The molecule has 0 saturated heterocycles. The van der Waals surface area contributed by atoms with Crippen molar-refractivity contribution in [2.75, 3.05) is 46.8 Å². The Bertz CT molecular complexity index is 1370. The molecule has 0 amide bonds. The zero-order valence-electron chi connectivity index (χ0n) is 23.2. The third-order valence-corrected chi connectivity index (χ3v) is 6.19. The number of pyridine rings is 2. The number of ether oxygens (including phenoxy) is 3. The van der Waals surface area contributed by atoms with Gasteiger partial charge in [-0.3, -0.25) is 4.98 Å². The van der Waals surface area contributed by atoms with Crippen LogP contribution in [-0.2, 0) is 17.6 Å². The molecule has 2 aromatic heterocycles. The van der Waals surface area contributed by atoms with Crippen LogP contribution >= 0.6 is 0 Å². The number of hydrogen-bond donors (Lipinski definition) is 2. The third-order valence-electron chi connectivity index (χ3n) is 6.19. The molecule has 4 aromatic rings. The van der Waals surface area contributed by atoms with Gasteiger partial charge in [0, 0.05) is 42.2 Å². The molecule has 0 aliphatic carbocycles. The number of anilines is 1. The molecule has 0 fully saturated rings. The molecule has 0 bridgehead atoms. The highest BCUT2D eigenvalue weighted by Crippen LogP contribution is 2.36. The van der Waals surface area contributed by atoms with Crippen LogP contribution in [0.4, 0.5) is 5.82 Å². The summed E-state index contributed by atoms with van der Waals surface area (Å²) >= 11 is 0. The maximum atomic E-state index is 8.81. The van der Waals surface area contributed by atoms with Gasteiger partial charge in [0.2, 0.25) is 0 Å². The van der Waals surface area contributed by atoms with E-state index in [2.05, 4.69) is 29.7 Å². The minimum Gasteiger partial charge on any atom is -0.497 e. The van der Waals surface area contributed by atoms with Crippen LogP contribution in [-0.4, -0.2) is 57.7 Å². The summed E-state index contributed by atoms with van der Waals surface area (Å²) in [5, 5.41) is 9.95. The van der Waals surface area contributed by atoms with E-state index in [9.17, 15) is 0 Å². The Morgan fingerprint density at radius 3 is 2.26 bits per heavy atom. The lowest BCUT2D eigenvalue weighted by Crippen LogP contribution is -2.19. The molecule has 0 atom stereocenters. The summed E-state index contributed by atoms with van der Waals surface area (Å²) in [5.41, 5.74) is 4.21. The Morgan fingerprint density at radius 1 is 0.921 bits per heavy atom. The monoisotopic (exact) mass is 518 g/mol. The number of rotatable bonds is 11. The van der Waals surface area contributed by atoms with Crippen LogP contribution in [0.1, 0.15) is 37.1 Å². The zero-order chi connectivity index (χ0) is 27.5. The molecule has 2 N–H and O–H groups in total. The average Bonchev–Trinajstić information content (AvgIpc) is 2.94. The predicted octanol–water partition coefficient (Wildman–Crippen LogP) is 5.19. The largest absolute Gasteiger partial charge is 0.497 e. The number of aryl methyl sites for hydroxylation is 1. The number of nitrogens with zero attached hydrogens (tertiary/aromatic N) is 2. The summed E-state index contributed by atoms with van der Waals surface area (Å²) < 4.78 is 16.7. The van der Waals surface area contributed by atoms with E-state index < -0.39 is 0 Å². The summed E-state index contributed by atoms with van der Waals surface area (Å²) in [4.78, 5) is 18.6. The van der Waals surface area contributed by atoms with E-state index in [4.69, 9.17) is 29.0 Å². The van der Waals surface area contributed by atoms with Crippen molar-refractivity contribution >= 4 is 33.8 Å². The number of benzene rings is 2. The fourth-order valence-electron chi connectivity index (χ4n) is 4.38. The van der Waals surface area contributed by atoms with Gasteiger partial charge in [0.05, 0.1) is 26.8 Å². The predicted molar refractivity (Wildman–Crippen MR) is 154 cm³/mol. The van der Waals surface area contributed by atoms with E-state index in [1.165, 1.54) is 6.92 Å². The van der Waals surface area contributed by atoms with Crippen molar-refractivity contribution in [3.63, 3.8) is 0 Å². The zero-order valence-corrected chi connectivity index (χ0v) is 23.2. The van der Waals surface area contributed by atoms with Gasteiger partial charge >= 0.3 is 0 Å². The molecule has 38 heavy (non-hydrogen) atoms. The van der Waals surface area contributed by atoms with Gasteiger partial charge in [-0.05, 0) is 73.3 Å². The molecule has 2 heterocycles. The summed E-state index contributed by atoms with van der Waals surface area (Å²) in [7, 11) is 6.96. The van der Waals surface area contributed by atoms with Crippen molar-refractivity contribution in [3.05, 3.63) is 59.4 Å². The molecule has 0 unspecified atom stereocenters. The number of fused-ring (bicyclic) bond motifs is 2. The Kier molecular flexibility index (Phi) is 10.7. The minimum atomic E-state index is 0.674. The van der Waals surface area contributed by atoms with E-state index >= 15 is 0 Å². The standard InChI is InChI=1S/C28H34N4O3.C2H4O/c1-6-7-25-23-16-27(35-5)26(34-4)15-22(23)20(17-31-25)13-19-12-18-14-21(33-3)8-9-24(18)32-28(19)30-11-10-29-2;1-2-3/h8-9,12,14-17,29H,6-7,10-11,13H2,1-5H3,(H,30,32);2H,1H3. The molecule has 8 nitrogen and oxygen atoms in total. The first-order valence-corrected chi connectivity index (χ1v) is 12.8. The molecule has 0 radical (unpaired) electrons. The molecular formula is C30H38N4O4. The Morgan fingerprint density at radius 2 is 1.63 bits per heavy atom. The Labute approximate surface area is 224 Å². The topological polar surface area (TPSA) is 94.6 Å². The number of likely N-dealkylation sites (N-methyl/N-ethyl adjacent to an activating group) is 1. The smallest absolute Gasteiger partial charge is 0.161 e.